The molecule has 4 nitrogen and oxygen atoms in total. The number of carbonyl (C=O) groups excluding carboxylic acids is 1. The van der Waals surface area contributed by atoms with Crippen molar-refractivity contribution in [3.63, 3.8) is 0 Å². The fourth-order valence-electron chi connectivity index (χ4n) is 1.31. The van der Waals surface area contributed by atoms with Crippen molar-refractivity contribution in [3.8, 4) is 11.5 Å². The summed E-state index contributed by atoms with van der Waals surface area (Å²) in [5, 5.41) is 12.3. The molecule has 0 saturated carbocycles. The van der Waals surface area contributed by atoms with E-state index in [9.17, 15) is 9.90 Å². The van der Waals surface area contributed by atoms with Gasteiger partial charge in [-0.1, -0.05) is 0 Å². The van der Waals surface area contributed by atoms with Crippen LogP contribution in [0.5, 0.6) is 11.5 Å². The molecule has 0 spiro atoms. The first-order valence-electron chi connectivity index (χ1n) is 5.34. The standard InChI is InChI=1S/C12H16ClNO3/c1-8(13)5-6-14-12(16)10-4-3-9(17-2)7-11(10)15/h3-4,7-8,15H,5-6H2,1-2H3,(H,14,16). The Morgan fingerprint density at radius 2 is 2.29 bits per heavy atom. The molecule has 1 atom stereocenters. The van der Waals surface area contributed by atoms with E-state index in [-0.39, 0.29) is 22.6 Å². The van der Waals surface area contributed by atoms with Crippen LogP contribution in [-0.2, 0) is 0 Å². The van der Waals surface area contributed by atoms with Crippen molar-refractivity contribution in [2.45, 2.75) is 18.7 Å². The maximum Gasteiger partial charge on any atom is 0.255 e. The number of rotatable bonds is 5. The summed E-state index contributed by atoms with van der Waals surface area (Å²) in [5.41, 5.74) is 0.230. The number of benzene rings is 1. The number of ether oxygens (including phenoxy) is 1. The minimum absolute atomic E-state index is 0.0137. The molecule has 1 unspecified atom stereocenters. The van der Waals surface area contributed by atoms with Crippen LogP contribution in [0.1, 0.15) is 23.7 Å². The van der Waals surface area contributed by atoms with E-state index in [1.165, 1.54) is 19.2 Å². The van der Waals surface area contributed by atoms with Crippen molar-refractivity contribution < 1.29 is 14.6 Å². The van der Waals surface area contributed by atoms with Gasteiger partial charge in [-0.3, -0.25) is 4.79 Å². The van der Waals surface area contributed by atoms with Crippen LogP contribution in [0, 0.1) is 0 Å². The summed E-state index contributed by atoms with van der Waals surface area (Å²) in [6.45, 7) is 2.34. The van der Waals surface area contributed by atoms with Crippen molar-refractivity contribution in [1.29, 1.82) is 0 Å². The van der Waals surface area contributed by atoms with E-state index in [0.29, 0.717) is 18.7 Å². The molecule has 0 aliphatic rings. The van der Waals surface area contributed by atoms with Crippen molar-refractivity contribution in [1.82, 2.24) is 5.32 Å². The first-order valence-corrected chi connectivity index (χ1v) is 5.77. The van der Waals surface area contributed by atoms with Crippen molar-refractivity contribution in [3.05, 3.63) is 23.8 Å². The predicted octanol–water partition coefficient (Wildman–Crippen LogP) is 2.15. The number of halogens is 1. The third-order valence-electron chi connectivity index (χ3n) is 2.28. The van der Waals surface area contributed by atoms with Crippen LogP contribution in [0.25, 0.3) is 0 Å². The molecule has 1 aromatic rings. The van der Waals surface area contributed by atoms with Gasteiger partial charge in [0, 0.05) is 18.0 Å². The van der Waals surface area contributed by atoms with Crippen LogP contribution < -0.4 is 10.1 Å². The van der Waals surface area contributed by atoms with Crippen LogP contribution in [-0.4, -0.2) is 30.0 Å². The first-order chi connectivity index (χ1) is 8.04. The largest absolute Gasteiger partial charge is 0.507 e. The fraction of sp³-hybridized carbons (Fsp3) is 0.417. The van der Waals surface area contributed by atoms with Gasteiger partial charge in [0.15, 0.2) is 0 Å². The summed E-state index contributed by atoms with van der Waals surface area (Å²) < 4.78 is 4.93. The van der Waals surface area contributed by atoms with Gasteiger partial charge in [0.1, 0.15) is 11.5 Å². The summed E-state index contributed by atoms with van der Waals surface area (Å²) in [6, 6.07) is 4.55. The lowest BCUT2D eigenvalue weighted by Crippen LogP contribution is -2.25. The molecule has 0 aliphatic heterocycles. The van der Waals surface area contributed by atoms with E-state index in [0.717, 1.165) is 0 Å². The number of alkyl halides is 1. The van der Waals surface area contributed by atoms with Gasteiger partial charge in [-0.25, -0.2) is 0 Å². The van der Waals surface area contributed by atoms with Gasteiger partial charge < -0.3 is 15.2 Å². The summed E-state index contributed by atoms with van der Waals surface area (Å²) in [6.07, 6.45) is 0.685. The number of methoxy groups -OCH3 is 1. The number of hydrogen-bond donors (Lipinski definition) is 2. The quantitative estimate of drug-likeness (QED) is 0.795. The van der Waals surface area contributed by atoms with Gasteiger partial charge >= 0.3 is 0 Å². The van der Waals surface area contributed by atoms with Crippen molar-refractivity contribution >= 4 is 17.5 Å². The SMILES string of the molecule is COc1ccc(C(=O)NCCC(C)Cl)c(O)c1. The maximum atomic E-state index is 11.7. The molecule has 2 N–H and O–H groups in total. The Morgan fingerprint density at radius 3 is 2.82 bits per heavy atom. The minimum Gasteiger partial charge on any atom is -0.507 e. The lowest BCUT2D eigenvalue weighted by atomic mass is 10.1. The monoisotopic (exact) mass is 257 g/mol. The molecule has 0 aromatic heterocycles. The van der Waals surface area contributed by atoms with Gasteiger partial charge in [0.2, 0.25) is 0 Å². The number of phenolic OH excluding ortho intramolecular Hbond substituents is 1. The lowest BCUT2D eigenvalue weighted by molar-refractivity contribution is 0.0950. The second-order valence-electron chi connectivity index (χ2n) is 3.71. The Kier molecular flexibility index (Phi) is 5.10. The zero-order valence-electron chi connectivity index (χ0n) is 9.87. The molecule has 94 valence electrons. The molecule has 0 fully saturated rings. The van der Waals surface area contributed by atoms with Crippen LogP contribution in [0.3, 0.4) is 0 Å². The van der Waals surface area contributed by atoms with E-state index < -0.39 is 0 Å². The molecule has 0 aliphatic carbocycles. The number of phenols is 1. The number of aromatic hydroxyl groups is 1. The summed E-state index contributed by atoms with van der Waals surface area (Å²) >= 11 is 5.76. The Morgan fingerprint density at radius 1 is 1.59 bits per heavy atom. The van der Waals surface area contributed by atoms with Gasteiger partial charge in [-0.2, -0.15) is 0 Å². The molecule has 0 bridgehead atoms. The van der Waals surface area contributed by atoms with Crippen LogP contribution in [0.15, 0.2) is 18.2 Å². The van der Waals surface area contributed by atoms with Gasteiger partial charge in [0.25, 0.3) is 5.91 Å². The highest BCUT2D eigenvalue weighted by Crippen LogP contribution is 2.23. The highest BCUT2D eigenvalue weighted by atomic mass is 35.5. The molecular formula is C12H16ClNO3. The Hall–Kier alpha value is -1.42. The zero-order valence-corrected chi connectivity index (χ0v) is 10.6. The average Bonchev–Trinajstić information content (AvgIpc) is 2.28. The van der Waals surface area contributed by atoms with Crippen molar-refractivity contribution in [2.24, 2.45) is 0 Å². The van der Waals surface area contributed by atoms with E-state index >= 15 is 0 Å². The molecule has 0 heterocycles. The van der Waals surface area contributed by atoms with Gasteiger partial charge in [0.05, 0.1) is 12.7 Å². The van der Waals surface area contributed by atoms with E-state index in [4.69, 9.17) is 16.3 Å². The highest BCUT2D eigenvalue weighted by molar-refractivity contribution is 6.20. The molecule has 1 rings (SSSR count). The summed E-state index contributed by atoms with van der Waals surface area (Å²) in [5.74, 6) is 0.0941. The summed E-state index contributed by atoms with van der Waals surface area (Å²) in [4.78, 5) is 11.7. The molecule has 17 heavy (non-hydrogen) atoms. The topological polar surface area (TPSA) is 58.6 Å². The molecule has 1 aromatic carbocycles. The number of hydrogen-bond acceptors (Lipinski definition) is 3. The van der Waals surface area contributed by atoms with Crippen LogP contribution in [0.4, 0.5) is 0 Å². The molecule has 5 heteroatoms. The third-order valence-corrected chi connectivity index (χ3v) is 2.50. The van der Waals surface area contributed by atoms with Crippen LogP contribution >= 0.6 is 11.6 Å². The molecule has 1 amide bonds. The number of amides is 1. The molecule has 0 saturated heterocycles. The Bertz CT molecular complexity index is 393. The normalized spacial score (nSPS) is 11.9. The number of carbonyl (C=O) groups is 1. The highest BCUT2D eigenvalue weighted by Gasteiger charge is 2.11. The van der Waals surface area contributed by atoms with E-state index in [1.807, 2.05) is 6.92 Å². The minimum atomic E-state index is -0.317. The average molecular weight is 258 g/mol. The Balaban J connectivity index is 2.63. The predicted molar refractivity (Wildman–Crippen MR) is 66.9 cm³/mol. The third kappa shape index (κ3) is 4.15. The molecule has 0 radical (unpaired) electrons. The summed E-state index contributed by atoms with van der Waals surface area (Å²) in [7, 11) is 1.50. The van der Waals surface area contributed by atoms with E-state index in [1.54, 1.807) is 6.07 Å². The molecular weight excluding hydrogens is 242 g/mol. The van der Waals surface area contributed by atoms with Crippen LogP contribution in [0.2, 0.25) is 0 Å². The van der Waals surface area contributed by atoms with Crippen molar-refractivity contribution in [2.75, 3.05) is 13.7 Å². The Labute approximate surface area is 106 Å². The first kappa shape index (κ1) is 13.6. The fourth-order valence-corrected chi connectivity index (χ4v) is 1.42. The second kappa shape index (κ2) is 6.35. The number of nitrogens with one attached hydrogen (secondary N) is 1. The van der Waals surface area contributed by atoms with Gasteiger partial charge in [-0.15, -0.1) is 11.6 Å². The van der Waals surface area contributed by atoms with E-state index in [2.05, 4.69) is 5.32 Å². The lowest BCUT2D eigenvalue weighted by Gasteiger charge is -2.08. The maximum absolute atomic E-state index is 11.7. The zero-order chi connectivity index (χ0) is 12.8. The smallest absolute Gasteiger partial charge is 0.255 e. The van der Waals surface area contributed by atoms with Gasteiger partial charge in [-0.05, 0) is 25.5 Å². The second-order valence-corrected chi connectivity index (χ2v) is 4.45.